The first kappa shape index (κ1) is 14.6. The summed E-state index contributed by atoms with van der Waals surface area (Å²) in [5.41, 5.74) is 2.44. The van der Waals surface area contributed by atoms with Gasteiger partial charge in [0.25, 0.3) is 0 Å². The molecular weight excluding hydrogens is 274 g/mol. The van der Waals surface area contributed by atoms with E-state index in [0.717, 1.165) is 24.2 Å². The summed E-state index contributed by atoms with van der Waals surface area (Å²) in [6.45, 7) is 0.681. The first-order valence-electron chi connectivity index (χ1n) is 7.72. The molecule has 114 valence electrons. The summed E-state index contributed by atoms with van der Waals surface area (Å²) in [6.07, 6.45) is 2.54. The van der Waals surface area contributed by atoms with Crippen molar-refractivity contribution in [2.45, 2.75) is 31.8 Å². The number of ether oxygens (including phenoxy) is 1. The Kier molecular flexibility index (Phi) is 4.42. The molecule has 0 spiro atoms. The van der Waals surface area contributed by atoms with Gasteiger partial charge in [-0.05, 0) is 36.1 Å². The molecule has 0 bridgehead atoms. The number of nitrogens with zero attached hydrogens (tertiary/aromatic N) is 1. The number of hydrogen-bond acceptors (Lipinski definition) is 2. The minimum Gasteiger partial charge on any atom is -0.497 e. The molecule has 3 heteroatoms. The van der Waals surface area contributed by atoms with Gasteiger partial charge in [-0.25, -0.2) is 0 Å². The number of carbonyl (C=O) groups excluding carboxylic acids is 1. The van der Waals surface area contributed by atoms with E-state index in [1.54, 1.807) is 7.11 Å². The van der Waals surface area contributed by atoms with Crippen LogP contribution in [-0.4, -0.2) is 24.0 Å². The summed E-state index contributed by atoms with van der Waals surface area (Å²) >= 11 is 0. The second-order valence-corrected chi connectivity index (χ2v) is 5.75. The predicted molar refractivity (Wildman–Crippen MR) is 86.7 cm³/mol. The lowest BCUT2D eigenvalue weighted by Crippen LogP contribution is -2.33. The fourth-order valence-corrected chi connectivity index (χ4v) is 3.04. The SMILES string of the molecule is COc1ccc(CN2C(=O)CC[C@@H]2Cc2ccccc2)cc1. The van der Waals surface area contributed by atoms with E-state index in [1.807, 2.05) is 35.2 Å². The molecule has 0 N–H and O–H groups in total. The normalized spacial score (nSPS) is 17.8. The molecule has 2 aromatic carbocycles. The third kappa shape index (κ3) is 3.30. The topological polar surface area (TPSA) is 29.5 Å². The Morgan fingerprint density at radius 1 is 1.05 bits per heavy atom. The Labute approximate surface area is 131 Å². The smallest absolute Gasteiger partial charge is 0.223 e. The van der Waals surface area contributed by atoms with Crippen LogP contribution in [0.2, 0.25) is 0 Å². The van der Waals surface area contributed by atoms with Gasteiger partial charge in [0.1, 0.15) is 5.75 Å². The molecule has 1 fully saturated rings. The van der Waals surface area contributed by atoms with Crippen LogP contribution in [0.15, 0.2) is 54.6 Å². The Morgan fingerprint density at radius 3 is 2.45 bits per heavy atom. The van der Waals surface area contributed by atoms with E-state index in [2.05, 4.69) is 24.3 Å². The van der Waals surface area contributed by atoms with Gasteiger partial charge in [-0.15, -0.1) is 0 Å². The number of benzene rings is 2. The van der Waals surface area contributed by atoms with E-state index in [9.17, 15) is 4.79 Å². The number of hydrogen-bond donors (Lipinski definition) is 0. The molecule has 1 heterocycles. The first-order valence-corrected chi connectivity index (χ1v) is 7.72. The van der Waals surface area contributed by atoms with Crippen molar-refractivity contribution in [3.05, 3.63) is 65.7 Å². The quantitative estimate of drug-likeness (QED) is 0.846. The summed E-state index contributed by atoms with van der Waals surface area (Å²) in [6, 6.07) is 18.7. The van der Waals surface area contributed by atoms with Crippen molar-refractivity contribution in [3.8, 4) is 5.75 Å². The van der Waals surface area contributed by atoms with Crippen LogP contribution >= 0.6 is 0 Å². The fraction of sp³-hybridized carbons (Fsp3) is 0.316. The molecule has 0 unspecified atom stereocenters. The van der Waals surface area contributed by atoms with Gasteiger partial charge in [-0.2, -0.15) is 0 Å². The average Bonchev–Trinajstić information content (AvgIpc) is 2.90. The largest absolute Gasteiger partial charge is 0.497 e. The van der Waals surface area contributed by atoms with Crippen LogP contribution in [0, 0.1) is 0 Å². The maximum atomic E-state index is 12.2. The van der Waals surface area contributed by atoms with Crippen molar-refractivity contribution < 1.29 is 9.53 Å². The minimum atomic E-state index is 0.261. The van der Waals surface area contributed by atoms with E-state index in [0.29, 0.717) is 19.0 Å². The van der Waals surface area contributed by atoms with Crippen LogP contribution in [0.1, 0.15) is 24.0 Å². The Hall–Kier alpha value is -2.29. The maximum Gasteiger partial charge on any atom is 0.223 e. The lowest BCUT2D eigenvalue weighted by atomic mass is 10.0. The van der Waals surface area contributed by atoms with Gasteiger partial charge in [0, 0.05) is 19.0 Å². The monoisotopic (exact) mass is 295 g/mol. The van der Waals surface area contributed by atoms with E-state index in [1.165, 1.54) is 5.56 Å². The highest BCUT2D eigenvalue weighted by molar-refractivity contribution is 5.78. The fourth-order valence-electron chi connectivity index (χ4n) is 3.04. The van der Waals surface area contributed by atoms with Crippen molar-refractivity contribution >= 4 is 5.91 Å². The number of amides is 1. The number of carbonyl (C=O) groups is 1. The number of likely N-dealkylation sites (tertiary alicyclic amines) is 1. The molecule has 1 aliphatic heterocycles. The Morgan fingerprint density at radius 2 is 1.77 bits per heavy atom. The van der Waals surface area contributed by atoms with Crippen molar-refractivity contribution in [1.82, 2.24) is 4.90 Å². The van der Waals surface area contributed by atoms with Crippen molar-refractivity contribution in [2.75, 3.05) is 7.11 Å². The molecule has 3 rings (SSSR count). The molecule has 1 aliphatic rings. The third-order valence-electron chi connectivity index (χ3n) is 4.28. The molecule has 22 heavy (non-hydrogen) atoms. The zero-order chi connectivity index (χ0) is 15.4. The highest BCUT2D eigenvalue weighted by atomic mass is 16.5. The van der Waals surface area contributed by atoms with Gasteiger partial charge < -0.3 is 9.64 Å². The van der Waals surface area contributed by atoms with Gasteiger partial charge in [-0.3, -0.25) is 4.79 Å². The summed E-state index contributed by atoms with van der Waals surface area (Å²) < 4.78 is 5.18. The van der Waals surface area contributed by atoms with E-state index in [-0.39, 0.29) is 5.91 Å². The molecule has 0 saturated carbocycles. The lowest BCUT2D eigenvalue weighted by molar-refractivity contribution is -0.129. The molecule has 1 atom stereocenters. The highest BCUT2D eigenvalue weighted by Gasteiger charge is 2.30. The predicted octanol–water partition coefficient (Wildman–Crippen LogP) is 3.43. The van der Waals surface area contributed by atoms with Crippen molar-refractivity contribution in [2.24, 2.45) is 0 Å². The van der Waals surface area contributed by atoms with Gasteiger partial charge in [0.15, 0.2) is 0 Å². The van der Waals surface area contributed by atoms with E-state index >= 15 is 0 Å². The molecular formula is C19H21NO2. The molecule has 0 aromatic heterocycles. The second-order valence-electron chi connectivity index (χ2n) is 5.75. The van der Waals surface area contributed by atoms with E-state index < -0.39 is 0 Å². The van der Waals surface area contributed by atoms with Gasteiger partial charge in [-0.1, -0.05) is 42.5 Å². The van der Waals surface area contributed by atoms with Crippen LogP contribution < -0.4 is 4.74 Å². The summed E-state index contributed by atoms with van der Waals surface area (Å²) in [7, 11) is 1.66. The standard InChI is InChI=1S/C19H21NO2/c1-22-18-10-7-16(8-11-18)14-20-17(9-12-19(20)21)13-15-5-3-2-4-6-15/h2-8,10-11,17H,9,12-14H2,1H3/t17-/m1/s1. The van der Waals surface area contributed by atoms with Crippen LogP contribution in [0.3, 0.4) is 0 Å². The first-order chi connectivity index (χ1) is 10.8. The van der Waals surface area contributed by atoms with Crippen LogP contribution in [-0.2, 0) is 17.8 Å². The van der Waals surface area contributed by atoms with E-state index in [4.69, 9.17) is 4.74 Å². The molecule has 0 aliphatic carbocycles. The van der Waals surface area contributed by atoms with Crippen LogP contribution in [0.4, 0.5) is 0 Å². The van der Waals surface area contributed by atoms with Crippen LogP contribution in [0.25, 0.3) is 0 Å². The maximum absolute atomic E-state index is 12.2. The van der Waals surface area contributed by atoms with Crippen molar-refractivity contribution in [1.29, 1.82) is 0 Å². The Balaban J connectivity index is 1.70. The summed E-state index contributed by atoms with van der Waals surface area (Å²) in [5.74, 6) is 1.11. The average molecular weight is 295 g/mol. The molecule has 1 saturated heterocycles. The van der Waals surface area contributed by atoms with Gasteiger partial charge in [0.05, 0.1) is 7.11 Å². The molecule has 1 amide bonds. The molecule has 0 radical (unpaired) electrons. The lowest BCUT2D eigenvalue weighted by Gasteiger charge is -2.25. The van der Waals surface area contributed by atoms with Gasteiger partial charge >= 0.3 is 0 Å². The zero-order valence-corrected chi connectivity index (χ0v) is 12.9. The number of rotatable bonds is 5. The number of methoxy groups -OCH3 is 1. The molecule has 2 aromatic rings. The summed E-state index contributed by atoms with van der Waals surface area (Å²) in [5, 5.41) is 0. The molecule has 3 nitrogen and oxygen atoms in total. The summed E-state index contributed by atoms with van der Waals surface area (Å²) in [4.78, 5) is 14.2. The van der Waals surface area contributed by atoms with Crippen molar-refractivity contribution in [3.63, 3.8) is 0 Å². The second kappa shape index (κ2) is 6.65. The van der Waals surface area contributed by atoms with Gasteiger partial charge in [0.2, 0.25) is 5.91 Å². The Bertz CT molecular complexity index is 622. The third-order valence-corrected chi connectivity index (χ3v) is 4.28. The van der Waals surface area contributed by atoms with Crippen LogP contribution in [0.5, 0.6) is 5.75 Å². The minimum absolute atomic E-state index is 0.261. The highest BCUT2D eigenvalue weighted by Crippen LogP contribution is 2.25. The zero-order valence-electron chi connectivity index (χ0n) is 12.9.